The minimum absolute atomic E-state index is 0.873. The average molecular weight is 687 g/mol. The molecule has 0 amide bonds. The summed E-state index contributed by atoms with van der Waals surface area (Å²) in [7, 11) is 0. The van der Waals surface area contributed by atoms with Crippen LogP contribution in [0.4, 0.5) is 0 Å². The van der Waals surface area contributed by atoms with Crippen LogP contribution in [0.5, 0.6) is 0 Å². The van der Waals surface area contributed by atoms with Crippen molar-refractivity contribution in [2.75, 3.05) is 0 Å². The highest BCUT2D eigenvalue weighted by Crippen LogP contribution is 2.50. The van der Waals surface area contributed by atoms with E-state index in [2.05, 4.69) is 176 Å². The molecule has 2 heteroatoms. The van der Waals surface area contributed by atoms with Gasteiger partial charge in [-0.15, -0.1) is 0 Å². The molecule has 54 heavy (non-hydrogen) atoms. The summed E-state index contributed by atoms with van der Waals surface area (Å²) >= 11 is 0. The maximum Gasteiger partial charge on any atom is 0.143 e. The van der Waals surface area contributed by atoms with Crippen LogP contribution in [0.3, 0.4) is 0 Å². The second-order valence-electron chi connectivity index (χ2n) is 14.3. The van der Waals surface area contributed by atoms with Crippen molar-refractivity contribution in [1.29, 1.82) is 0 Å². The number of fused-ring (bicyclic) bond motifs is 12. The van der Waals surface area contributed by atoms with Gasteiger partial charge in [0.2, 0.25) is 0 Å². The Balaban J connectivity index is 1.27. The van der Waals surface area contributed by atoms with Crippen molar-refractivity contribution in [3.8, 4) is 33.4 Å². The summed E-state index contributed by atoms with van der Waals surface area (Å²) in [5, 5.41) is 14.0. The smallest absolute Gasteiger partial charge is 0.143 e. The van der Waals surface area contributed by atoms with Gasteiger partial charge in [-0.2, -0.15) is 0 Å². The maximum atomic E-state index is 7.03. The molecule has 0 aliphatic rings. The molecule has 0 unspecified atom stereocenters. The SMILES string of the molecule is c1ccc(-c2c3ccccc3c(-c3cc4ccc5oc6ccccc6c5c4c4c3oc3ccccc34)c3cc(-c4ccc5ccccc5c4)ccc23)cc1. The molecule has 0 radical (unpaired) electrons. The van der Waals surface area contributed by atoms with Gasteiger partial charge in [-0.05, 0) is 96.4 Å². The van der Waals surface area contributed by atoms with Gasteiger partial charge in [0.1, 0.15) is 22.3 Å². The molecule has 0 fully saturated rings. The maximum absolute atomic E-state index is 7.03. The summed E-state index contributed by atoms with van der Waals surface area (Å²) in [6.45, 7) is 0. The van der Waals surface area contributed by atoms with Crippen LogP contribution in [0.1, 0.15) is 0 Å². The third-order valence-corrected chi connectivity index (χ3v) is 11.4. The summed E-state index contributed by atoms with van der Waals surface area (Å²) < 4.78 is 13.5. The predicted molar refractivity (Wildman–Crippen MR) is 227 cm³/mol. The molecule has 2 nitrogen and oxygen atoms in total. The number of furan rings is 2. The van der Waals surface area contributed by atoms with Gasteiger partial charge in [0.25, 0.3) is 0 Å². The molecule has 0 bridgehead atoms. The summed E-state index contributed by atoms with van der Waals surface area (Å²) in [4.78, 5) is 0. The Morgan fingerprint density at radius 1 is 0.278 bits per heavy atom. The molecular formula is C52H30O2. The molecule has 0 saturated heterocycles. The number of hydrogen-bond donors (Lipinski definition) is 0. The van der Waals surface area contributed by atoms with Gasteiger partial charge in [-0.1, -0.05) is 146 Å². The van der Waals surface area contributed by atoms with Crippen LogP contribution in [0.15, 0.2) is 191 Å². The van der Waals surface area contributed by atoms with E-state index in [-0.39, 0.29) is 0 Å². The summed E-state index contributed by atoms with van der Waals surface area (Å²) in [5.74, 6) is 0. The van der Waals surface area contributed by atoms with E-state index in [1.54, 1.807) is 0 Å². The normalized spacial score (nSPS) is 12.1. The lowest BCUT2D eigenvalue weighted by molar-refractivity contribution is 0.669. The summed E-state index contributed by atoms with van der Waals surface area (Å²) in [5.41, 5.74) is 10.6. The highest BCUT2D eigenvalue weighted by atomic mass is 16.3. The van der Waals surface area contributed by atoms with Gasteiger partial charge >= 0.3 is 0 Å². The van der Waals surface area contributed by atoms with Crippen LogP contribution in [0, 0.1) is 0 Å². The zero-order chi connectivity index (χ0) is 35.3. The van der Waals surface area contributed by atoms with Crippen LogP contribution in [-0.2, 0) is 0 Å². The molecule has 0 saturated carbocycles. The Morgan fingerprint density at radius 3 is 1.69 bits per heavy atom. The van der Waals surface area contributed by atoms with E-state index >= 15 is 0 Å². The fourth-order valence-corrected chi connectivity index (χ4v) is 9.05. The van der Waals surface area contributed by atoms with Gasteiger partial charge < -0.3 is 8.83 Å². The average Bonchev–Trinajstić information content (AvgIpc) is 3.82. The molecule has 250 valence electrons. The van der Waals surface area contributed by atoms with E-state index in [0.717, 1.165) is 60.2 Å². The standard InChI is InChI=1S/C52H30O2/c1-2-13-32(14-3-1)47-37-16-6-7-17-38(37)49(42-29-35(24-26-39(42)47)34-23-22-31-12-4-5-15-33(31)28-34)43-30-36-25-27-46-50(40-18-8-10-20-44(40)53-46)48(36)51-41-19-9-11-21-45(41)54-52(43)51/h1-30H. The second-order valence-corrected chi connectivity index (χ2v) is 14.3. The van der Waals surface area contributed by atoms with Crippen molar-refractivity contribution in [3.05, 3.63) is 182 Å². The summed E-state index contributed by atoms with van der Waals surface area (Å²) in [6, 6.07) is 65.6. The van der Waals surface area contributed by atoms with Crippen LogP contribution < -0.4 is 0 Å². The van der Waals surface area contributed by atoms with Gasteiger partial charge in [0.05, 0.1) is 0 Å². The molecule has 0 aliphatic heterocycles. The first-order valence-corrected chi connectivity index (χ1v) is 18.5. The molecule has 2 aromatic heterocycles. The highest BCUT2D eigenvalue weighted by Gasteiger charge is 2.24. The van der Waals surface area contributed by atoms with Crippen molar-refractivity contribution < 1.29 is 8.83 Å². The largest absolute Gasteiger partial charge is 0.456 e. The first-order chi connectivity index (χ1) is 26.8. The Bertz CT molecular complexity index is 3490. The third kappa shape index (κ3) is 4.17. The Kier molecular flexibility index (Phi) is 6.09. The lowest BCUT2D eigenvalue weighted by Gasteiger charge is -2.19. The van der Waals surface area contributed by atoms with Crippen LogP contribution in [0.2, 0.25) is 0 Å². The lowest BCUT2D eigenvalue weighted by atomic mass is 9.83. The minimum Gasteiger partial charge on any atom is -0.456 e. The van der Waals surface area contributed by atoms with Crippen molar-refractivity contribution in [3.63, 3.8) is 0 Å². The number of para-hydroxylation sites is 2. The molecule has 0 N–H and O–H groups in total. The molecule has 12 rings (SSSR count). The minimum atomic E-state index is 0.873. The Hall–Kier alpha value is -7.16. The Morgan fingerprint density at radius 2 is 0.870 bits per heavy atom. The number of rotatable bonds is 3. The molecule has 0 spiro atoms. The van der Waals surface area contributed by atoms with Gasteiger partial charge in [0.15, 0.2) is 0 Å². The van der Waals surface area contributed by atoms with Crippen molar-refractivity contribution in [2.45, 2.75) is 0 Å². The summed E-state index contributed by atoms with van der Waals surface area (Å²) in [6.07, 6.45) is 0. The van der Waals surface area contributed by atoms with E-state index in [9.17, 15) is 0 Å². The molecule has 12 aromatic rings. The van der Waals surface area contributed by atoms with Gasteiger partial charge in [0, 0.05) is 38.1 Å². The van der Waals surface area contributed by atoms with E-state index in [0.29, 0.717) is 0 Å². The molecular weight excluding hydrogens is 657 g/mol. The van der Waals surface area contributed by atoms with E-state index in [1.165, 1.54) is 60.1 Å². The lowest BCUT2D eigenvalue weighted by Crippen LogP contribution is -1.92. The second kappa shape index (κ2) is 11.2. The predicted octanol–water partition coefficient (Wildman–Crippen LogP) is 15.1. The van der Waals surface area contributed by atoms with E-state index in [1.807, 2.05) is 6.07 Å². The third-order valence-electron chi connectivity index (χ3n) is 11.4. The van der Waals surface area contributed by atoms with Gasteiger partial charge in [-0.25, -0.2) is 0 Å². The topological polar surface area (TPSA) is 26.3 Å². The Labute approximate surface area is 310 Å². The monoisotopic (exact) mass is 686 g/mol. The fourth-order valence-electron chi connectivity index (χ4n) is 9.05. The highest BCUT2D eigenvalue weighted by molar-refractivity contribution is 6.34. The molecule has 0 aliphatic carbocycles. The van der Waals surface area contributed by atoms with Crippen molar-refractivity contribution >= 4 is 87.0 Å². The van der Waals surface area contributed by atoms with Crippen molar-refractivity contribution in [1.82, 2.24) is 0 Å². The quantitative estimate of drug-likeness (QED) is 0.173. The first kappa shape index (κ1) is 29.4. The zero-order valence-corrected chi connectivity index (χ0v) is 29.1. The first-order valence-electron chi connectivity index (χ1n) is 18.5. The van der Waals surface area contributed by atoms with Crippen molar-refractivity contribution in [2.24, 2.45) is 0 Å². The molecule has 0 atom stereocenters. The molecule has 2 heterocycles. The van der Waals surface area contributed by atoms with E-state index < -0.39 is 0 Å². The van der Waals surface area contributed by atoms with Crippen LogP contribution >= 0.6 is 0 Å². The number of hydrogen-bond acceptors (Lipinski definition) is 2. The molecule has 10 aromatic carbocycles. The fraction of sp³-hybridized carbons (Fsp3) is 0. The number of benzene rings is 10. The van der Waals surface area contributed by atoms with Crippen LogP contribution in [-0.4, -0.2) is 0 Å². The van der Waals surface area contributed by atoms with E-state index in [4.69, 9.17) is 8.83 Å². The van der Waals surface area contributed by atoms with Gasteiger partial charge in [-0.3, -0.25) is 0 Å². The van der Waals surface area contributed by atoms with Crippen LogP contribution in [0.25, 0.3) is 120 Å². The zero-order valence-electron chi connectivity index (χ0n) is 29.1.